The predicted octanol–water partition coefficient (Wildman–Crippen LogP) is 2.36. The van der Waals surface area contributed by atoms with Crippen LogP contribution in [0.5, 0.6) is 0 Å². The highest BCUT2D eigenvalue weighted by Crippen LogP contribution is 2.04. The number of hydrogen-bond donors (Lipinski definition) is 0. The van der Waals surface area contributed by atoms with Crippen molar-refractivity contribution < 1.29 is 9.16 Å². The van der Waals surface area contributed by atoms with Crippen LogP contribution in [0, 0.1) is 0 Å². The first-order chi connectivity index (χ1) is 9.81. The van der Waals surface area contributed by atoms with Crippen molar-refractivity contribution in [2.75, 3.05) is 13.7 Å². The van der Waals surface area contributed by atoms with Crippen LogP contribution < -0.4 is 10.4 Å². The molecular weight excluding hydrogens is 264 g/mol. The van der Waals surface area contributed by atoms with E-state index in [0.29, 0.717) is 6.61 Å². The quantitative estimate of drug-likeness (QED) is 0.574. The van der Waals surface area contributed by atoms with Crippen molar-refractivity contribution in [1.82, 2.24) is 0 Å². The molecule has 2 rings (SSSR count). The second kappa shape index (κ2) is 7.67. The Labute approximate surface area is 122 Å². The first-order valence-electron chi connectivity index (χ1n) is 6.63. The van der Waals surface area contributed by atoms with Crippen molar-refractivity contribution in [2.24, 2.45) is 0 Å². The molecule has 0 aromatic heterocycles. The largest absolute Gasteiger partial charge is 0.536 e. The van der Waals surface area contributed by atoms with Crippen LogP contribution in [0.1, 0.15) is 6.42 Å². The number of hydrogen-bond acceptors (Lipinski definition) is 2. The first-order valence-corrected chi connectivity index (χ1v) is 8.04. The first kappa shape index (κ1) is 14.6. The van der Waals surface area contributed by atoms with Crippen molar-refractivity contribution in [1.29, 1.82) is 0 Å². The summed E-state index contributed by atoms with van der Waals surface area (Å²) >= 11 is 0. The van der Waals surface area contributed by atoms with Crippen LogP contribution in [-0.4, -0.2) is 22.8 Å². The highest BCUT2D eigenvalue weighted by Gasteiger charge is 2.21. The fourth-order valence-corrected chi connectivity index (χ4v) is 3.83. The molecule has 0 atom stereocenters. The van der Waals surface area contributed by atoms with E-state index in [2.05, 4.69) is 30.8 Å². The van der Waals surface area contributed by atoms with Crippen LogP contribution in [0.4, 0.5) is 0 Å². The maximum atomic E-state index is 6.15. The van der Waals surface area contributed by atoms with Crippen molar-refractivity contribution in [3.8, 4) is 0 Å². The Morgan fingerprint density at radius 1 is 0.950 bits per heavy atom. The highest BCUT2D eigenvalue weighted by atomic mass is 28.3. The van der Waals surface area contributed by atoms with E-state index >= 15 is 0 Å². The number of methoxy groups -OCH3 is 1. The topological polar surface area (TPSA) is 18.5 Å². The van der Waals surface area contributed by atoms with Crippen LogP contribution in [-0.2, 0) is 9.16 Å². The van der Waals surface area contributed by atoms with E-state index in [4.69, 9.17) is 9.16 Å². The lowest BCUT2D eigenvalue weighted by Crippen LogP contribution is -2.44. The van der Waals surface area contributed by atoms with Gasteiger partial charge in [0.1, 0.15) is 0 Å². The van der Waals surface area contributed by atoms with Crippen molar-refractivity contribution in [2.45, 2.75) is 6.42 Å². The van der Waals surface area contributed by atoms with Gasteiger partial charge in [-0.1, -0.05) is 67.2 Å². The fourth-order valence-electron chi connectivity index (χ4n) is 1.87. The lowest BCUT2D eigenvalue weighted by molar-refractivity contribution is 0.192. The molecule has 0 unspecified atom stereocenters. The second-order valence-electron chi connectivity index (χ2n) is 4.44. The van der Waals surface area contributed by atoms with Crippen molar-refractivity contribution >= 4 is 19.4 Å². The monoisotopic (exact) mass is 283 g/mol. The number of benzene rings is 2. The van der Waals surface area contributed by atoms with Crippen LogP contribution in [0.15, 0.2) is 73.0 Å². The summed E-state index contributed by atoms with van der Waals surface area (Å²) in [7, 11) is 0.404. The van der Waals surface area contributed by atoms with Gasteiger partial charge in [-0.05, 0) is 10.4 Å². The maximum Gasteiger partial charge on any atom is 0.352 e. The Morgan fingerprint density at radius 2 is 1.45 bits per heavy atom. The molecule has 2 aromatic rings. The lowest BCUT2D eigenvalue weighted by Gasteiger charge is -2.18. The van der Waals surface area contributed by atoms with E-state index in [0.717, 1.165) is 12.2 Å². The molecule has 3 heteroatoms. The number of ether oxygens (including phenoxy) is 1. The van der Waals surface area contributed by atoms with Crippen molar-refractivity contribution in [3.63, 3.8) is 0 Å². The summed E-state index contributed by atoms with van der Waals surface area (Å²) in [5.74, 6) is 0.786. The molecular formula is C17H19O2Si. The SMILES string of the molecule is C=C(CCOC)O[Si](c1ccccc1)c1ccccc1. The van der Waals surface area contributed by atoms with Crippen LogP contribution in [0.3, 0.4) is 0 Å². The molecule has 0 saturated carbocycles. The average Bonchev–Trinajstić information content (AvgIpc) is 2.52. The minimum atomic E-state index is -1.28. The predicted molar refractivity (Wildman–Crippen MR) is 84.6 cm³/mol. The van der Waals surface area contributed by atoms with Crippen LogP contribution >= 0.6 is 0 Å². The van der Waals surface area contributed by atoms with E-state index in [-0.39, 0.29) is 0 Å². The smallest absolute Gasteiger partial charge is 0.352 e. The standard InChI is InChI=1S/C17H19O2Si/c1-15(13-14-18-2)19-20(16-9-5-3-6-10-16)17-11-7-4-8-12-17/h3-12H,1,13-14H2,2H3. The Bertz CT molecular complexity index is 486. The molecule has 0 fully saturated rings. The van der Waals surface area contributed by atoms with Gasteiger partial charge in [0.25, 0.3) is 0 Å². The summed E-state index contributed by atoms with van der Waals surface area (Å²) in [5.41, 5.74) is 0. The Morgan fingerprint density at radius 3 is 1.90 bits per heavy atom. The summed E-state index contributed by atoms with van der Waals surface area (Å²) in [4.78, 5) is 0. The zero-order valence-electron chi connectivity index (χ0n) is 11.7. The highest BCUT2D eigenvalue weighted by molar-refractivity contribution is 6.80. The normalized spacial score (nSPS) is 10.5. The lowest BCUT2D eigenvalue weighted by atomic mass is 10.4. The molecule has 103 valence electrons. The second-order valence-corrected chi connectivity index (χ2v) is 6.46. The van der Waals surface area contributed by atoms with Gasteiger partial charge in [-0.15, -0.1) is 0 Å². The Hall–Kier alpha value is -1.84. The van der Waals surface area contributed by atoms with E-state index < -0.39 is 9.04 Å². The Balaban J connectivity index is 2.19. The molecule has 0 aliphatic heterocycles. The molecule has 0 aliphatic rings. The molecule has 0 aliphatic carbocycles. The molecule has 20 heavy (non-hydrogen) atoms. The molecule has 1 radical (unpaired) electrons. The molecule has 0 amide bonds. The van der Waals surface area contributed by atoms with E-state index in [1.54, 1.807) is 7.11 Å². The van der Waals surface area contributed by atoms with Crippen molar-refractivity contribution in [3.05, 3.63) is 73.0 Å². The van der Waals surface area contributed by atoms with Gasteiger partial charge in [0.2, 0.25) is 0 Å². The number of rotatable bonds is 7. The van der Waals surface area contributed by atoms with E-state index in [1.165, 1.54) is 10.4 Å². The van der Waals surface area contributed by atoms with Gasteiger partial charge in [0.15, 0.2) is 0 Å². The zero-order chi connectivity index (χ0) is 14.2. The molecule has 0 bridgehead atoms. The third kappa shape index (κ3) is 4.08. The molecule has 0 saturated heterocycles. The minimum Gasteiger partial charge on any atom is -0.536 e. The van der Waals surface area contributed by atoms with Gasteiger partial charge >= 0.3 is 9.04 Å². The van der Waals surface area contributed by atoms with Gasteiger partial charge in [-0.25, -0.2) is 0 Å². The molecule has 0 spiro atoms. The molecule has 0 N–H and O–H groups in total. The zero-order valence-corrected chi connectivity index (χ0v) is 12.7. The van der Waals surface area contributed by atoms with Gasteiger partial charge in [-0.3, -0.25) is 0 Å². The summed E-state index contributed by atoms with van der Waals surface area (Å²) in [5, 5.41) is 2.45. The van der Waals surface area contributed by atoms with E-state index in [9.17, 15) is 0 Å². The maximum absolute atomic E-state index is 6.15. The van der Waals surface area contributed by atoms with Crippen LogP contribution in [0.25, 0.3) is 0 Å². The third-order valence-electron chi connectivity index (χ3n) is 2.90. The summed E-state index contributed by atoms with van der Waals surface area (Å²) in [6.07, 6.45) is 0.727. The summed E-state index contributed by atoms with van der Waals surface area (Å²) in [6.45, 7) is 4.64. The third-order valence-corrected chi connectivity index (χ3v) is 5.11. The molecule has 2 aromatic carbocycles. The summed E-state index contributed by atoms with van der Waals surface area (Å²) < 4.78 is 11.2. The van der Waals surface area contributed by atoms with E-state index in [1.807, 2.05) is 36.4 Å². The minimum absolute atomic E-state index is 0.636. The van der Waals surface area contributed by atoms with Crippen LogP contribution in [0.2, 0.25) is 0 Å². The molecule has 2 nitrogen and oxygen atoms in total. The molecule has 0 heterocycles. The fraction of sp³-hybridized carbons (Fsp3) is 0.176. The van der Waals surface area contributed by atoms with Gasteiger partial charge < -0.3 is 9.16 Å². The van der Waals surface area contributed by atoms with Gasteiger partial charge in [0, 0.05) is 13.5 Å². The Kier molecular flexibility index (Phi) is 5.59. The van der Waals surface area contributed by atoms with Gasteiger partial charge in [0.05, 0.1) is 12.4 Å². The summed E-state index contributed by atoms with van der Waals surface area (Å²) in [6, 6.07) is 20.7. The van der Waals surface area contributed by atoms with Gasteiger partial charge in [-0.2, -0.15) is 0 Å². The average molecular weight is 283 g/mol.